The van der Waals surface area contributed by atoms with Crippen LogP contribution in [0.1, 0.15) is 12.8 Å². The molecule has 0 aliphatic carbocycles. The summed E-state index contributed by atoms with van der Waals surface area (Å²) in [6, 6.07) is 3.82. The molecule has 2 saturated heterocycles. The number of hydrogen-bond donors (Lipinski definition) is 2. The lowest BCUT2D eigenvalue weighted by Gasteiger charge is -2.24. The van der Waals surface area contributed by atoms with Crippen molar-refractivity contribution in [3.8, 4) is 17.1 Å². The van der Waals surface area contributed by atoms with E-state index in [4.69, 9.17) is 22.1 Å². The first-order chi connectivity index (χ1) is 19.2. The van der Waals surface area contributed by atoms with Gasteiger partial charge < -0.3 is 20.7 Å². The van der Waals surface area contributed by atoms with E-state index >= 15 is 4.39 Å². The summed E-state index contributed by atoms with van der Waals surface area (Å²) in [5, 5.41) is 3.26. The Labute approximate surface area is 236 Å². The molecule has 9 nitrogen and oxygen atoms in total. The Kier molecular flexibility index (Phi) is 7.05. The molecule has 2 aliphatic rings. The van der Waals surface area contributed by atoms with Gasteiger partial charge in [-0.3, -0.25) is 9.69 Å². The number of fused-ring (bicyclic) bond motifs is 2. The highest BCUT2D eigenvalue weighted by atomic mass is 35.5. The minimum absolute atomic E-state index is 0.00186. The zero-order valence-corrected chi connectivity index (χ0v) is 23.0. The van der Waals surface area contributed by atoms with Crippen LogP contribution in [0.2, 0.25) is 5.02 Å². The van der Waals surface area contributed by atoms with E-state index in [1.807, 2.05) is 4.90 Å². The Morgan fingerprint density at radius 1 is 1.25 bits per heavy atom. The summed E-state index contributed by atoms with van der Waals surface area (Å²) in [5.74, 6) is -1.23. The number of halogens is 4. The number of carbonyl (C=O) groups is 1. The summed E-state index contributed by atoms with van der Waals surface area (Å²) >= 11 is 7.62. The SMILES string of the molecule is CN1C[C@H](F)C[C@H]1COc1nc(N2CCCNC(=O)C2)c2cc(Cl)c(-c3ccc(F)c4sc(N)nc34)c(F)c2n1. The number of thiazole rings is 1. The van der Waals surface area contributed by atoms with Crippen molar-refractivity contribution in [3.05, 3.63) is 34.9 Å². The van der Waals surface area contributed by atoms with Crippen molar-refractivity contribution in [2.24, 2.45) is 0 Å². The second kappa shape index (κ2) is 10.5. The molecule has 0 spiro atoms. The van der Waals surface area contributed by atoms with Gasteiger partial charge in [-0.25, -0.2) is 18.2 Å². The highest BCUT2D eigenvalue weighted by Gasteiger charge is 2.31. The molecule has 2 aromatic carbocycles. The summed E-state index contributed by atoms with van der Waals surface area (Å²) in [7, 11) is 1.80. The average Bonchev–Trinajstić information content (AvgIpc) is 3.38. The van der Waals surface area contributed by atoms with E-state index < -0.39 is 17.8 Å². The molecule has 0 bridgehead atoms. The maximum absolute atomic E-state index is 16.5. The monoisotopic (exact) mass is 591 g/mol. The third-order valence-electron chi connectivity index (χ3n) is 7.23. The van der Waals surface area contributed by atoms with Crippen LogP contribution in [0.5, 0.6) is 6.01 Å². The van der Waals surface area contributed by atoms with Gasteiger partial charge in [-0.2, -0.15) is 9.97 Å². The van der Waals surface area contributed by atoms with Crippen LogP contribution < -0.4 is 20.7 Å². The summed E-state index contributed by atoms with van der Waals surface area (Å²) in [6.45, 7) is 1.36. The van der Waals surface area contributed by atoms with E-state index in [1.165, 1.54) is 18.2 Å². The van der Waals surface area contributed by atoms with Crippen LogP contribution in [-0.2, 0) is 4.79 Å². The summed E-state index contributed by atoms with van der Waals surface area (Å²) < 4.78 is 50.9. The third kappa shape index (κ3) is 4.86. The highest BCUT2D eigenvalue weighted by molar-refractivity contribution is 7.22. The zero-order chi connectivity index (χ0) is 28.1. The lowest BCUT2D eigenvalue weighted by Crippen LogP contribution is -2.34. The van der Waals surface area contributed by atoms with E-state index in [-0.39, 0.29) is 79.3 Å². The second-order valence-electron chi connectivity index (χ2n) is 9.96. The number of hydrogen-bond acceptors (Lipinski definition) is 9. The molecule has 4 aromatic rings. The fourth-order valence-electron chi connectivity index (χ4n) is 5.27. The number of nitrogen functional groups attached to an aromatic ring is 1. The van der Waals surface area contributed by atoms with Crippen LogP contribution in [0.25, 0.3) is 32.2 Å². The van der Waals surface area contributed by atoms with Crippen LogP contribution in [-0.4, -0.2) is 77.8 Å². The molecule has 6 rings (SSSR count). The molecule has 14 heteroatoms. The van der Waals surface area contributed by atoms with Crippen molar-refractivity contribution < 1.29 is 22.7 Å². The molecule has 40 heavy (non-hydrogen) atoms. The molecule has 0 radical (unpaired) electrons. The maximum Gasteiger partial charge on any atom is 0.319 e. The van der Waals surface area contributed by atoms with Crippen LogP contribution >= 0.6 is 22.9 Å². The van der Waals surface area contributed by atoms with Crippen molar-refractivity contribution in [2.75, 3.05) is 50.5 Å². The lowest BCUT2D eigenvalue weighted by atomic mass is 10.0. The largest absolute Gasteiger partial charge is 0.462 e. The Morgan fingerprint density at radius 2 is 2.08 bits per heavy atom. The second-order valence-corrected chi connectivity index (χ2v) is 11.4. The van der Waals surface area contributed by atoms with E-state index in [0.29, 0.717) is 32.5 Å². The first kappa shape index (κ1) is 26.8. The van der Waals surface area contributed by atoms with Gasteiger partial charge in [0, 0.05) is 42.2 Å². The van der Waals surface area contributed by atoms with Gasteiger partial charge in [-0.15, -0.1) is 0 Å². The molecule has 2 fully saturated rings. The Bertz CT molecular complexity index is 1640. The van der Waals surface area contributed by atoms with Crippen molar-refractivity contribution in [1.29, 1.82) is 0 Å². The number of rotatable bonds is 5. The minimum Gasteiger partial charge on any atom is -0.462 e. The summed E-state index contributed by atoms with van der Waals surface area (Å²) in [6.07, 6.45) is -0.0169. The predicted molar refractivity (Wildman–Crippen MR) is 149 cm³/mol. The number of likely N-dealkylation sites (tertiary alicyclic amines) is 1. The number of alkyl halides is 1. The lowest BCUT2D eigenvalue weighted by molar-refractivity contribution is -0.119. The zero-order valence-electron chi connectivity index (χ0n) is 21.4. The molecular weight excluding hydrogens is 567 g/mol. The van der Waals surface area contributed by atoms with Crippen LogP contribution in [0.4, 0.5) is 24.1 Å². The molecule has 0 unspecified atom stereocenters. The fraction of sp³-hybridized carbons (Fsp3) is 0.385. The standard InChI is InChI=1S/C26H25ClF3N7O2S/c1-36-9-12(28)7-13(36)11-39-26-34-21-15(24(35-26)37-6-2-5-32-18(38)10-37)8-16(27)19(20(21)30)14-3-4-17(29)23-22(14)33-25(31)40-23/h3-4,8,12-13H,2,5-7,9-11H2,1H3,(H2,31,33)(H,32,38)/t12-,13+/m1/s1. The normalized spacial score (nSPS) is 20.3. The number of anilines is 2. The molecule has 4 heterocycles. The molecule has 1 amide bonds. The maximum atomic E-state index is 16.5. The van der Waals surface area contributed by atoms with Gasteiger partial charge in [0.2, 0.25) is 5.91 Å². The first-order valence-electron chi connectivity index (χ1n) is 12.7. The van der Waals surface area contributed by atoms with Gasteiger partial charge in [0.1, 0.15) is 29.9 Å². The van der Waals surface area contributed by atoms with Crippen molar-refractivity contribution in [2.45, 2.75) is 25.1 Å². The van der Waals surface area contributed by atoms with E-state index in [1.54, 1.807) is 11.9 Å². The number of likely N-dealkylation sites (N-methyl/N-ethyl adjacent to an activating group) is 1. The number of nitrogens with one attached hydrogen (secondary N) is 1. The van der Waals surface area contributed by atoms with E-state index in [2.05, 4.69) is 20.3 Å². The van der Waals surface area contributed by atoms with Gasteiger partial charge >= 0.3 is 6.01 Å². The number of nitrogens with zero attached hydrogens (tertiary/aromatic N) is 5. The molecule has 0 saturated carbocycles. The number of amides is 1. The highest BCUT2D eigenvalue weighted by Crippen LogP contribution is 2.42. The van der Waals surface area contributed by atoms with Crippen molar-refractivity contribution >= 4 is 60.9 Å². The Hall–Kier alpha value is -3.42. The smallest absolute Gasteiger partial charge is 0.319 e. The number of ether oxygens (including phenoxy) is 1. The van der Waals surface area contributed by atoms with Crippen LogP contribution in [0, 0.1) is 11.6 Å². The summed E-state index contributed by atoms with van der Waals surface area (Å²) in [5.41, 5.74) is 6.16. The molecule has 210 valence electrons. The van der Waals surface area contributed by atoms with Crippen LogP contribution in [0.3, 0.4) is 0 Å². The third-order valence-corrected chi connectivity index (χ3v) is 8.42. The van der Waals surface area contributed by atoms with Gasteiger partial charge in [-0.05, 0) is 38.1 Å². The quantitative estimate of drug-likeness (QED) is 0.356. The van der Waals surface area contributed by atoms with Crippen molar-refractivity contribution in [3.63, 3.8) is 0 Å². The van der Waals surface area contributed by atoms with Gasteiger partial charge in [0.25, 0.3) is 0 Å². The topological polar surface area (TPSA) is 110 Å². The minimum atomic E-state index is -0.961. The molecule has 2 aliphatic heterocycles. The number of carbonyl (C=O) groups excluding carboxylic acids is 1. The van der Waals surface area contributed by atoms with Gasteiger partial charge in [0.05, 0.1) is 21.8 Å². The predicted octanol–water partition coefficient (Wildman–Crippen LogP) is 4.17. The van der Waals surface area contributed by atoms with E-state index in [9.17, 15) is 13.6 Å². The van der Waals surface area contributed by atoms with Gasteiger partial charge in [0.15, 0.2) is 10.9 Å². The Morgan fingerprint density at radius 3 is 2.85 bits per heavy atom. The summed E-state index contributed by atoms with van der Waals surface area (Å²) in [4.78, 5) is 29.1. The van der Waals surface area contributed by atoms with E-state index in [0.717, 1.165) is 11.3 Å². The van der Waals surface area contributed by atoms with Crippen LogP contribution in [0.15, 0.2) is 18.2 Å². The number of aromatic nitrogens is 3. The van der Waals surface area contributed by atoms with Crippen molar-refractivity contribution in [1.82, 2.24) is 25.2 Å². The molecular formula is C26H25ClF3N7O2S. The molecule has 3 N–H and O–H groups in total. The fourth-order valence-corrected chi connectivity index (χ4v) is 6.33. The Balaban J connectivity index is 1.51. The number of nitrogens with two attached hydrogens (primary N) is 1. The first-order valence-corrected chi connectivity index (χ1v) is 13.9. The average molecular weight is 592 g/mol. The molecule has 2 aromatic heterocycles. The number of benzene rings is 2. The van der Waals surface area contributed by atoms with Gasteiger partial charge in [-0.1, -0.05) is 22.9 Å². The molecule has 2 atom stereocenters.